The van der Waals surface area contributed by atoms with Crippen molar-refractivity contribution in [1.82, 2.24) is 0 Å². The highest BCUT2D eigenvalue weighted by molar-refractivity contribution is 5.77. The molecule has 4 nitrogen and oxygen atoms in total. The fourth-order valence-corrected chi connectivity index (χ4v) is 3.46. The summed E-state index contributed by atoms with van der Waals surface area (Å²) in [5, 5.41) is 0. The highest BCUT2D eigenvalue weighted by Gasteiger charge is 2.17. The van der Waals surface area contributed by atoms with Gasteiger partial charge in [0.25, 0.3) is 0 Å². The lowest BCUT2D eigenvalue weighted by Crippen LogP contribution is -2.18. The Hall–Kier alpha value is -1.06. The molecule has 0 aromatic rings. The Morgan fingerprint density at radius 3 is 1.71 bits per heavy atom. The van der Waals surface area contributed by atoms with Gasteiger partial charge in [-0.1, -0.05) is 92.4 Å². The van der Waals surface area contributed by atoms with Crippen molar-refractivity contribution in [3.05, 3.63) is 0 Å². The summed E-state index contributed by atoms with van der Waals surface area (Å²) < 4.78 is 10.5. The second-order valence-corrected chi connectivity index (χ2v) is 9.46. The van der Waals surface area contributed by atoms with Crippen molar-refractivity contribution in [2.75, 3.05) is 13.2 Å². The third-order valence-electron chi connectivity index (χ3n) is 4.78. The quantitative estimate of drug-likeness (QED) is 0.199. The molecular weight excluding hydrogens is 352 g/mol. The minimum atomic E-state index is -0.309. The summed E-state index contributed by atoms with van der Waals surface area (Å²) in [6, 6.07) is 0. The Labute approximate surface area is 174 Å². The van der Waals surface area contributed by atoms with Crippen LogP contribution in [-0.2, 0) is 19.1 Å². The smallest absolute Gasteiger partial charge is 0.306 e. The molecule has 0 aliphatic carbocycles. The molecule has 0 aliphatic rings. The predicted molar refractivity (Wildman–Crippen MR) is 116 cm³/mol. The molecule has 0 saturated carbocycles. The van der Waals surface area contributed by atoms with Crippen LogP contribution in [0, 0.1) is 11.3 Å². The number of hydrogen-bond acceptors (Lipinski definition) is 4. The van der Waals surface area contributed by atoms with E-state index in [9.17, 15) is 9.59 Å². The summed E-state index contributed by atoms with van der Waals surface area (Å²) >= 11 is 0. The third-order valence-corrected chi connectivity index (χ3v) is 4.78. The number of esters is 2. The van der Waals surface area contributed by atoms with Gasteiger partial charge < -0.3 is 9.47 Å². The van der Waals surface area contributed by atoms with Gasteiger partial charge in [0.2, 0.25) is 0 Å². The van der Waals surface area contributed by atoms with E-state index in [4.69, 9.17) is 9.47 Å². The molecule has 0 aromatic carbocycles. The average molecular weight is 399 g/mol. The summed E-state index contributed by atoms with van der Waals surface area (Å²) in [5.41, 5.74) is 0.226. The Balaban J connectivity index is 3.48. The van der Waals surface area contributed by atoms with Crippen LogP contribution in [0.15, 0.2) is 0 Å². The van der Waals surface area contributed by atoms with E-state index in [2.05, 4.69) is 34.6 Å². The van der Waals surface area contributed by atoms with E-state index in [-0.39, 0.29) is 30.2 Å². The largest absolute Gasteiger partial charge is 0.466 e. The molecule has 166 valence electrons. The van der Waals surface area contributed by atoms with Gasteiger partial charge in [0, 0.05) is 0 Å². The van der Waals surface area contributed by atoms with Crippen LogP contribution in [0.3, 0.4) is 0 Å². The van der Waals surface area contributed by atoms with E-state index < -0.39 is 0 Å². The van der Waals surface area contributed by atoms with Crippen molar-refractivity contribution >= 4 is 11.9 Å². The van der Waals surface area contributed by atoms with E-state index >= 15 is 0 Å². The van der Waals surface area contributed by atoms with Crippen LogP contribution in [0.1, 0.15) is 118 Å². The van der Waals surface area contributed by atoms with Crippen LogP contribution in [-0.4, -0.2) is 25.2 Å². The minimum Gasteiger partial charge on any atom is -0.466 e. The topological polar surface area (TPSA) is 52.6 Å². The number of hydrogen-bond donors (Lipinski definition) is 0. The number of unbranched alkanes of at least 4 members (excludes halogenated alkanes) is 9. The lowest BCUT2D eigenvalue weighted by molar-refractivity contribution is -0.151. The maximum Gasteiger partial charge on any atom is 0.306 e. The first-order chi connectivity index (χ1) is 13.2. The molecule has 0 fully saturated rings. The average Bonchev–Trinajstić information content (AvgIpc) is 2.61. The molecule has 0 saturated heterocycles. The first kappa shape index (κ1) is 26.9. The standard InChI is InChI=1S/C24H46O4/c1-6-7-8-9-10-11-12-13-14-15-18-27-22(25)16-17-23(26)28-20-21(2)19-24(3,4)5/h21H,6-20H2,1-5H3. The molecule has 0 amide bonds. The van der Waals surface area contributed by atoms with Gasteiger partial charge >= 0.3 is 11.9 Å². The first-order valence-electron chi connectivity index (χ1n) is 11.6. The minimum absolute atomic E-state index is 0.110. The van der Waals surface area contributed by atoms with E-state index in [1.807, 2.05) is 0 Å². The highest BCUT2D eigenvalue weighted by atomic mass is 16.5. The maximum atomic E-state index is 11.7. The van der Waals surface area contributed by atoms with Crippen molar-refractivity contribution in [2.24, 2.45) is 11.3 Å². The number of carbonyl (C=O) groups excluding carboxylic acids is 2. The summed E-state index contributed by atoms with van der Waals surface area (Å²) in [4.78, 5) is 23.5. The van der Waals surface area contributed by atoms with Gasteiger partial charge in [-0.25, -0.2) is 0 Å². The fraction of sp³-hybridized carbons (Fsp3) is 0.917. The van der Waals surface area contributed by atoms with Crippen molar-refractivity contribution in [3.8, 4) is 0 Å². The Bertz CT molecular complexity index is 398. The molecule has 0 heterocycles. The number of rotatable bonds is 17. The van der Waals surface area contributed by atoms with Crippen LogP contribution in [0.25, 0.3) is 0 Å². The molecular formula is C24H46O4. The molecule has 1 unspecified atom stereocenters. The molecule has 0 radical (unpaired) electrons. The highest BCUT2D eigenvalue weighted by Crippen LogP contribution is 2.24. The third kappa shape index (κ3) is 19.7. The van der Waals surface area contributed by atoms with Crippen LogP contribution in [0.2, 0.25) is 0 Å². The molecule has 0 aromatic heterocycles. The van der Waals surface area contributed by atoms with Crippen LogP contribution in [0.5, 0.6) is 0 Å². The zero-order valence-corrected chi connectivity index (χ0v) is 19.3. The second kappa shape index (κ2) is 16.9. The lowest BCUT2D eigenvalue weighted by Gasteiger charge is -2.22. The number of ether oxygens (including phenoxy) is 2. The molecule has 0 rings (SSSR count). The Morgan fingerprint density at radius 2 is 1.21 bits per heavy atom. The van der Waals surface area contributed by atoms with Gasteiger partial charge in [-0.05, 0) is 24.2 Å². The van der Waals surface area contributed by atoms with Gasteiger partial charge in [0.1, 0.15) is 0 Å². The van der Waals surface area contributed by atoms with E-state index in [0.29, 0.717) is 19.1 Å². The van der Waals surface area contributed by atoms with E-state index in [1.165, 1.54) is 51.4 Å². The molecule has 4 heteroatoms. The SMILES string of the molecule is CCCCCCCCCCCCOC(=O)CCC(=O)OCC(C)CC(C)(C)C. The summed E-state index contributed by atoms with van der Waals surface area (Å²) in [6.07, 6.45) is 13.8. The zero-order valence-electron chi connectivity index (χ0n) is 19.3. The second-order valence-electron chi connectivity index (χ2n) is 9.46. The fourth-order valence-electron chi connectivity index (χ4n) is 3.46. The molecule has 1 atom stereocenters. The summed E-state index contributed by atoms with van der Waals surface area (Å²) in [6.45, 7) is 11.7. The molecule has 0 bridgehead atoms. The molecule has 0 N–H and O–H groups in total. The van der Waals surface area contributed by atoms with Gasteiger partial charge in [-0.15, -0.1) is 0 Å². The lowest BCUT2D eigenvalue weighted by atomic mass is 9.86. The Morgan fingerprint density at radius 1 is 0.750 bits per heavy atom. The van der Waals surface area contributed by atoms with Crippen molar-refractivity contribution in [2.45, 2.75) is 118 Å². The predicted octanol–water partition coefficient (Wildman–Crippen LogP) is 6.85. The maximum absolute atomic E-state index is 11.7. The van der Waals surface area contributed by atoms with Crippen LogP contribution in [0.4, 0.5) is 0 Å². The van der Waals surface area contributed by atoms with Gasteiger partial charge in [0.05, 0.1) is 26.1 Å². The molecule has 0 spiro atoms. The molecule has 28 heavy (non-hydrogen) atoms. The summed E-state index contributed by atoms with van der Waals surface area (Å²) in [7, 11) is 0. The van der Waals surface area contributed by atoms with E-state index in [0.717, 1.165) is 19.3 Å². The van der Waals surface area contributed by atoms with E-state index in [1.54, 1.807) is 0 Å². The van der Waals surface area contributed by atoms with Crippen molar-refractivity contribution < 1.29 is 19.1 Å². The van der Waals surface area contributed by atoms with Gasteiger partial charge in [-0.2, -0.15) is 0 Å². The normalized spacial score (nSPS) is 12.6. The Kier molecular flexibility index (Phi) is 16.2. The summed E-state index contributed by atoms with van der Waals surface area (Å²) in [5.74, 6) is -0.278. The van der Waals surface area contributed by atoms with Gasteiger partial charge in [0.15, 0.2) is 0 Å². The van der Waals surface area contributed by atoms with Crippen LogP contribution < -0.4 is 0 Å². The first-order valence-corrected chi connectivity index (χ1v) is 11.6. The monoisotopic (exact) mass is 398 g/mol. The van der Waals surface area contributed by atoms with Crippen molar-refractivity contribution in [3.63, 3.8) is 0 Å². The molecule has 0 aliphatic heterocycles. The number of carbonyl (C=O) groups is 2. The van der Waals surface area contributed by atoms with Crippen molar-refractivity contribution in [1.29, 1.82) is 0 Å². The zero-order chi connectivity index (χ0) is 21.3. The van der Waals surface area contributed by atoms with Gasteiger partial charge in [-0.3, -0.25) is 9.59 Å². The van der Waals surface area contributed by atoms with Crippen LogP contribution >= 0.6 is 0 Å².